The average Bonchev–Trinajstić information content (AvgIpc) is 3.50. The number of hydrogen-bond acceptors (Lipinski definition) is 10. The summed E-state index contributed by atoms with van der Waals surface area (Å²) in [4.78, 5) is 24.4. The topological polar surface area (TPSA) is 92.3 Å². The van der Waals surface area contributed by atoms with Gasteiger partial charge in [-0.25, -0.2) is 19.6 Å². The minimum atomic E-state index is -0.807. The number of fused-ring (bicyclic) bond motifs is 4. The lowest BCUT2D eigenvalue weighted by Crippen LogP contribution is -2.70. The van der Waals surface area contributed by atoms with E-state index in [1.165, 1.54) is 0 Å². The maximum atomic E-state index is 6.53. The molecule has 2 spiro atoms. The molecular formula is C42H54O10. The fourth-order valence-electron chi connectivity index (χ4n) is 11.3. The standard InChI is InChI=1S/C42H54O10/c1-25-14-16-33-27(3)35(45-37-41(33)31(25)18-20-39(5,47-37)49-51-41)43-22-8-12-29-10-7-11-30(24-29)13-9-23-44-36-28(4)34-17-15-26(2)32-19-21-40(6)48-38(46-36)42(32,34)52-50-40/h7,10-11,24-28,31-38H,14-23H2,1-6H3/t25-,26-,27-,28-,31+,32+,33+,34+,35?,36?,37-,38-,39-,40-,41-,42-/m1/s1. The number of rotatable bonds is 4. The Morgan fingerprint density at radius 1 is 0.615 bits per heavy atom. The summed E-state index contributed by atoms with van der Waals surface area (Å²) in [5.74, 6) is 13.6. The molecular weight excluding hydrogens is 664 g/mol. The molecule has 10 nitrogen and oxygen atoms in total. The van der Waals surface area contributed by atoms with Crippen molar-refractivity contribution in [2.45, 2.75) is 141 Å². The summed E-state index contributed by atoms with van der Waals surface area (Å²) in [5, 5.41) is 0. The molecule has 2 unspecified atom stereocenters. The Bertz CT molecular complexity index is 1530. The van der Waals surface area contributed by atoms with Gasteiger partial charge in [-0.05, 0) is 94.2 Å². The zero-order chi connectivity index (χ0) is 35.9. The summed E-state index contributed by atoms with van der Waals surface area (Å²) < 4.78 is 38.5. The highest BCUT2D eigenvalue weighted by Crippen LogP contribution is 2.62. The van der Waals surface area contributed by atoms with E-state index in [1.54, 1.807) is 0 Å². The molecule has 8 saturated heterocycles. The van der Waals surface area contributed by atoms with E-state index in [0.29, 0.717) is 23.7 Å². The third-order valence-electron chi connectivity index (χ3n) is 14.2. The Morgan fingerprint density at radius 3 is 1.54 bits per heavy atom. The van der Waals surface area contributed by atoms with Gasteiger partial charge in [-0.15, -0.1) is 0 Å². The highest BCUT2D eigenvalue weighted by Gasteiger charge is 2.71. The third kappa shape index (κ3) is 5.72. The van der Waals surface area contributed by atoms with Gasteiger partial charge >= 0.3 is 0 Å². The molecule has 282 valence electrons. The summed E-state index contributed by atoms with van der Waals surface area (Å²) in [6.45, 7) is 13.4. The van der Waals surface area contributed by atoms with Gasteiger partial charge in [0.05, 0.1) is 0 Å². The lowest BCUT2D eigenvalue weighted by Gasteiger charge is -2.60. The predicted molar refractivity (Wildman–Crippen MR) is 186 cm³/mol. The van der Waals surface area contributed by atoms with Gasteiger partial charge in [0.25, 0.3) is 0 Å². The van der Waals surface area contributed by atoms with Crippen LogP contribution in [0.15, 0.2) is 24.3 Å². The van der Waals surface area contributed by atoms with Crippen LogP contribution in [0.5, 0.6) is 0 Å². The molecule has 10 fully saturated rings. The molecule has 2 aliphatic carbocycles. The van der Waals surface area contributed by atoms with Crippen LogP contribution in [0, 0.1) is 71.0 Å². The van der Waals surface area contributed by atoms with Gasteiger partial charge in [-0.2, -0.15) is 0 Å². The Morgan fingerprint density at radius 2 is 1.08 bits per heavy atom. The van der Waals surface area contributed by atoms with Crippen molar-refractivity contribution in [1.29, 1.82) is 0 Å². The first-order chi connectivity index (χ1) is 25.0. The number of ether oxygens (including phenoxy) is 6. The summed E-state index contributed by atoms with van der Waals surface area (Å²) in [7, 11) is 0. The van der Waals surface area contributed by atoms with Crippen molar-refractivity contribution in [3.63, 3.8) is 0 Å². The Hall–Kier alpha value is -2.06. The molecule has 0 aromatic heterocycles. The Kier molecular flexibility index (Phi) is 9.12. The molecule has 10 heteroatoms. The van der Waals surface area contributed by atoms with Crippen molar-refractivity contribution in [2.24, 2.45) is 47.3 Å². The molecule has 8 aliphatic heterocycles. The molecule has 0 N–H and O–H groups in total. The molecule has 0 radical (unpaired) electrons. The molecule has 0 amide bonds. The van der Waals surface area contributed by atoms with Gasteiger partial charge < -0.3 is 28.4 Å². The van der Waals surface area contributed by atoms with Crippen molar-refractivity contribution >= 4 is 0 Å². The highest BCUT2D eigenvalue weighted by molar-refractivity contribution is 5.43. The lowest BCUT2D eigenvalue weighted by atomic mass is 9.58. The highest BCUT2D eigenvalue weighted by atomic mass is 17.3. The molecule has 1 aromatic carbocycles. The van der Waals surface area contributed by atoms with E-state index in [2.05, 4.69) is 51.4 Å². The minimum Gasteiger partial charge on any atom is -0.340 e. The molecule has 52 heavy (non-hydrogen) atoms. The fraction of sp³-hybridized carbons (Fsp3) is 0.762. The lowest BCUT2D eigenvalue weighted by molar-refractivity contribution is -0.577. The second-order valence-electron chi connectivity index (χ2n) is 17.4. The quantitative estimate of drug-likeness (QED) is 0.244. The summed E-state index contributed by atoms with van der Waals surface area (Å²) in [6.07, 6.45) is 6.01. The average molecular weight is 719 g/mol. The SMILES string of the molecule is C[C@@H]1CC[C@H]2[C@@H](C)C(OCC#Cc3cccc(C#CCOC4O[C@@H]5O[C@@]6(C)CC[C@H]7[C@H](C)CC[C@@H]([C@H]4C)[C@@]57OO6)c3)O[C@@H]3O[C@@]4(C)CC[C@@H]1[C@]32OO4. The maximum Gasteiger partial charge on any atom is 0.201 e. The molecule has 4 bridgehead atoms. The second-order valence-corrected chi connectivity index (χ2v) is 17.4. The number of hydrogen-bond donors (Lipinski definition) is 0. The van der Waals surface area contributed by atoms with Crippen molar-refractivity contribution in [1.82, 2.24) is 0 Å². The van der Waals surface area contributed by atoms with E-state index in [9.17, 15) is 0 Å². The molecule has 1 aromatic rings. The van der Waals surface area contributed by atoms with Gasteiger partial charge in [0, 0.05) is 47.6 Å². The van der Waals surface area contributed by atoms with Crippen molar-refractivity contribution in [2.75, 3.05) is 13.2 Å². The van der Waals surface area contributed by atoms with Crippen molar-refractivity contribution in [3.05, 3.63) is 35.4 Å². The van der Waals surface area contributed by atoms with E-state index in [4.69, 9.17) is 48.0 Å². The van der Waals surface area contributed by atoms with Crippen LogP contribution < -0.4 is 0 Å². The second kappa shape index (κ2) is 13.3. The van der Waals surface area contributed by atoms with E-state index >= 15 is 0 Å². The van der Waals surface area contributed by atoms with E-state index in [0.717, 1.165) is 62.5 Å². The van der Waals surface area contributed by atoms with Gasteiger partial charge in [0.15, 0.2) is 36.4 Å². The fourth-order valence-corrected chi connectivity index (χ4v) is 11.3. The van der Waals surface area contributed by atoms with Crippen LogP contribution in [0.4, 0.5) is 0 Å². The monoisotopic (exact) mass is 718 g/mol. The summed E-state index contributed by atoms with van der Waals surface area (Å²) >= 11 is 0. The van der Waals surface area contributed by atoms with Crippen LogP contribution in [-0.2, 0) is 48.0 Å². The van der Waals surface area contributed by atoms with Crippen molar-refractivity contribution in [3.8, 4) is 23.7 Å². The van der Waals surface area contributed by atoms with Crippen molar-refractivity contribution < 1.29 is 48.0 Å². The maximum absolute atomic E-state index is 6.53. The largest absolute Gasteiger partial charge is 0.340 e. The predicted octanol–water partition coefficient (Wildman–Crippen LogP) is 6.84. The first-order valence-electron chi connectivity index (χ1n) is 19.7. The van der Waals surface area contributed by atoms with Gasteiger partial charge in [0.1, 0.15) is 13.2 Å². The molecule has 2 saturated carbocycles. The molecule has 8 heterocycles. The summed E-state index contributed by atoms with van der Waals surface area (Å²) in [6, 6.07) is 7.92. The number of benzene rings is 1. The van der Waals surface area contributed by atoms with Crippen LogP contribution >= 0.6 is 0 Å². The van der Waals surface area contributed by atoms with E-state index in [1.807, 2.05) is 38.1 Å². The van der Waals surface area contributed by atoms with E-state index < -0.39 is 47.9 Å². The van der Waals surface area contributed by atoms with E-state index in [-0.39, 0.29) is 36.9 Å². The van der Waals surface area contributed by atoms with Crippen LogP contribution in [-0.4, -0.2) is 61.2 Å². The van der Waals surface area contributed by atoms with Gasteiger partial charge in [-0.3, -0.25) is 0 Å². The van der Waals surface area contributed by atoms with Crippen LogP contribution in [0.25, 0.3) is 0 Å². The van der Waals surface area contributed by atoms with Crippen LogP contribution in [0.1, 0.15) is 104 Å². The third-order valence-corrected chi connectivity index (χ3v) is 14.2. The summed E-state index contributed by atoms with van der Waals surface area (Å²) in [5.41, 5.74) is 0.539. The zero-order valence-corrected chi connectivity index (χ0v) is 31.4. The van der Waals surface area contributed by atoms with Crippen LogP contribution in [0.3, 0.4) is 0 Å². The molecule has 11 rings (SSSR count). The molecule has 16 atom stereocenters. The van der Waals surface area contributed by atoms with Crippen LogP contribution in [0.2, 0.25) is 0 Å². The normalized spacial score (nSPS) is 50.0. The minimum absolute atomic E-state index is 0.107. The Balaban J connectivity index is 0.813. The first kappa shape index (κ1) is 35.6. The molecule has 10 aliphatic rings. The first-order valence-corrected chi connectivity index (χ1v) is 19.7. The Labute approximate surface area is 308 Å². The van der Waals surface area contributed by atoms with Gasteiger partial charge in [0.2, 0.25) is 11.6 Å². The van der Waals surface area contributed by atoms with Gasteiger partial charge in [-0.1, -0.05) is 57.4 Å². The zero-order valence-electron chi connectivity index (χ0n) is 31.4. The smallest absolute Gasteiger partial charge is 0.201 e.